The van der Waals surface area contributed by atoms with E-state index in [1.165, 1.54) is 72.3 Å². The van der Waals surface area contributed by atoms with Crippen LogP contribution in [0, 0.1) is 27.7 Å². The quantitative estimate of drug-likeness (QED) is 0.127. The van der Waals surface area contributed by atoms with E-state index in [1.807, 2.05) is 19.2 Å². The maximum absolute atomic E-state index is 5.82. The fourth-order valence-corrected chi connectivity index (χ4v) is 19.7. The van der Waals surface area contributed by atoms with Crippen LogP contribution in [-0.2, 0) is 10.8 Å². The number of hydrogen-bond donors (Lipinski definition) is 0. The molecule has 1 unspecified atom stereocenters. The van der Waals surface area contributed by atoms with Crippen molar-refractivity contribution in [3.8, 4) is 168 Å². The molecule has 0 radical (unpaired) electrons. The molecule has 0 saturated carbocycles. The molecule has 1 atom stereocenters. The number of fused-ring (bicyclic) bond motifs is 20. The van der Waals surface area contributed by atoms with Gasteiger partial charge in [-0.15, -0.1) is 0 Å². The molecule has 7 nitrogen and oxygen atoms in total. The summed E-state index contributed by atoms with van der Waals surface area (Å²) < 4.78 is 0. The molecule has 2 spiro atoms. The van der Waals surface area contributed by atoms with Crippen molar-refractivity contribution in [3.05, 3.63) is 425 Å². The van der Waals surface area contributed by atoms with E-state index in [9.17, 15) is 0 Å². The Kier molecular flexibility index (Phi) is 15.2. The molecule has 22 rings (SSSR count). The predicted molar refractivity (Wildman–Crippen MR) is 462 cm³/mol. The molecular weight excluding hydrogens is 1380 g/mol. The zero-order valence-corrected chi connectivity index (χ0v) is 63.2. The minimum atomic E-state index is -0.789. The van der Waals surface area contributed by atoms with Crippen molar-refractivity contribution in [1.82, 2.24) is 34.9 Å². The lowest BCUT2D eigenvalue weighted by atomic mass is 9.70. The van der Waals surface area contributed by atoms with E-state index in [0.29, 0.717) is 17.5 Å². The van der Waals surface area contributed by atoms with Gasteiger partial charge in [0.15, 0.2) is 17.5 Å². The summed E-state index contributed by atoms with van der Waals surface area (Å²) in [6.07, 6.45) is 1.96. The Morgan fingerprint density at radius 3 is 1.29 bits per heavy atom. The smallest absolute Gasteiger partial charge is 0.165 e. The van der Waals surface area contributed by atoms with Crippen LogP contribution in [0.25, 0.3) is 168 Å². The van der Waals surface area contributed by atoms with E-state index in [1.54, 1.807) is 0 Å². The molecule has 4 aromatic heterocycles. The Balaban J connectivity index is 0.716. The van der Waals surface area contributed by atoms with Crippen molar-refractivity contribution in [1.29, 1.82) is 0 Å². The van der Waals surface area contributed by atoms with Gasteiger partial charge in [0.25, 0.3) is 0 Å². The minimum absolute atomic E-state index is 0.572. The van der Waals surface area contributed by atoms with Crippen LogP contribution < -0.4 is 0 Å². The zero-order valence-electron chi connectivity index (χ0n) is 63.2. The Morgan fingerprint density at radius 2 is 0.649 bits per heavy atom. The average Bonchev–Trinajstić information content (AvgIpc) is 1.51. The number of benzene rings is 14. The number of aromatic nitrogens is 7. The Labute approximate surface area is 662 Å². The van der Waals surface area contributed by atoms with Gasteiger partial charge in [0, 0.05) is 56.4 Å². The van der Waals surface area contributed by atoms with Gasteiger partial charge in [-0.25, -0.2) is 24.9 Å². The molecule has 4 heterocycles. The van der Waals surface area contributed by atoms with Crippen LogP contribution in [0.1, 0.15) is 67.2 Å². The summed E-state index contributed by atoms with van der Waals surface area (Å²) >= 11 is 0. The van der Waals surface area contributed by atoms with Gasteiger partial charge in [-0.3, -0.25) is 9.97 Å². The molecule has 0 N–H and O–H groups in total. The molecule has 114 heavy (non-hydrogen) atoms. The summed E-state index contributed by atoms with van der Waals surface area (Å²) in [5.41, 5.74) is 40.2. The van der Waals surface area contributed by atoms with Crippen molar-refractivity contribution in [2.24, 2.45) is 0 Å². The zero-order chi connectivity index (χ0) is 75.9. The van der Waals surface area contributed by atoms with Crippen molar-refractivity contribution < 1.29 is 0 Å². The molecule has 7 heteroatoms. The van der Waals surface area contributed by atoms with Gasteiger partial charge in [-0.1, -0.05) is 322 Å². The maximum atomic E-state index is 5.82. The normalized spacial score (nSPS) is 13.9. The highest BCUT2D eigenvalue weighted by atomic mass is 15.0. The highest BCUT2D eigenvalue weighted by Crippen LogP contribution is 2.67. The maximum Gasteiger partial charge on any atom is 0.165 e. The Bertz CT molecular complexity index is 6960. The molecule has 4 aliphatic rings. The van der Waals surface area contributed by atoms with Gasteiger partial charge in [0.05, 0.1) is 33.6 Å². The fraction of sp³-hybridized carbons (Fsp3) is 0.0561. The first-order chi connectivity index (χ1) is 56.2. The number of pyridine rings is 2. The van der Waals surface area contributed by atoms with E-state index < -0.39 is 10.8 Å². The Morgan fingerprint density at radius 1 is 0.202 bits per heavy atom. The topological polar surface area (TPSA) is 90.2 Å². The fourth-order valence-electron chi connectivity index (χ4n) is 19.7. The van der Waals surface area contributed by atoms with Crippen LogP contribution in [0.3, 0.4) is 0 Å². The lowest BCUT2D eigenvalue weighted by Crippen LogP contribution is -2.26. The van der Waals surface area contributed by atoms with E-state index in [-0.39, 0.29) is 0 Å². The van der Waals surface area contributed by atoms with E-state index >= 15 is 0 Å². The molecule has 0 amide bonds. The monoisotopic (exact) mass is 1450 g/mol. The SMILES string of the molecule is Cc1ccc(-c2ccccc2-c2ccc3c(c2-c2nc(-c4ccccc4)nc(-c4ccccc4-c4ccccc4)n2)-c2ccccc2C32c3ccccc3-c3c(-c4cc(C)c(-c5ccc6c(c5)C5(c7ccccc7-c7ccccc75)c5ccc(-c7cc(-c8ccccc8-c8ccccc8)nc(C)n7)cc5-6)c(C)n4)cccc32)nc1. The van der Waals surface area contributed by atoms with E-state index in [2.05, 4.69) is 367 Å². The largest absolute Gasteiger partial charge is 0.256 e. The Hall–Kier alpha value is -14.5. The predicted octanol–water partition coefficient (Wildman–Crippen LogP) is 25.7. The van der Waals surface area contributed by atoms with Crippen LogP contribution in [0.15, 0.2) is 358 Å². The van der Waals surface area contributed by atoms with Crippen LogP contribution in [0.2, 0.25) is 0 Å². The minimum Gasteiger partial charge on any atom is -0.256 e. The molecule has 534 valence electrons. The second-order valence-corrected chi connectivity index (χ2v) is 30.6. The molecule has 0 bridgehead atoms. The first-order valence-corrected chi connectivity index (χ1v) is 39.2. The van der Waals surface area contributed by atoms with Gasteiger partial charge < -0.3 is 0 Å². The summed E-state index contributed by atoms with van der Waals surface area (Å²) in [5, 5.41) is 0. The second-order valence-electron chi connectivity index (χ2n) is 30.6. The molecular formula is C107H71N7. The van der Waals surface area contributed by atoms with Gasteiger partial charge >= 0.3 is 0 Å². The molecule has 18 aromatic rings. The van der Waals surface area contributed by atoms with Crippen LogP contribution in [0.4, 0.5) is 0 Å². The first kappa shape index (κ1) is 66.5. The number of hydrogen-bond acceptors (Lipinski definition) is 7. The third kappa shape index (κ3) is 9.98. The van der Waals surface area contributed by atoms with Crippen molar-refractivity contribution >= 4 is 0 Å². The van der Waals surface area contributed by atoms with Gasteiger partial charge in [-0.05, 0) is 197 Å². The highest BCUT2D eigenvalue weighted by Gasteiger charge is 2.55. The summed E-state index contributed by atoms with van der Waals surface area (Å²) in [6, 6.07) is 128. The highest BCUT2D eigenvalue weighted by molar-refractivity contribution is 6.07. The summed E-state index contributed by atoms with van der Waals surface area (Å²) in [6.45, 7) is 8.57. The second kappa shape index (κ2) is 26.1. The van der Waals surface area contributed by atoms with Crippen molar-refractivity contribution in [3.63, 3.8) is 0 Å². The molecule has 0 fully saturated rings. The van der Waals surface area contributed by atoms with E-state index in [4.69, 9.17) is 34.9 Å². The lowest BCUT2D eigenvalue weighted by molar-refractivity contribution is 0.794. The van der Waals surface area contributed by atoms with Gasteiger partial charge in [-0.2, -0.15) is 0 Å². The first-order valence-electron chi connectivity index (χ1n) is 39.2. The summed E-state index contributed by atoms with van der Waals surface area (Å²) in [4.78, 5) is 38.1. The van der Waals surface area contributed by atoms with Crippen LogP contribution in [0.5, 0.6) is 0 Å². The molecule has 4 aliphatic carbocycles. The van der Waals surface area contributed by atoms with Gasteiger partial charge in [0.2, 0.25) is 0 Å². The van der Waals surface area contributed by atoms with E-state index in [0.717, 1.165) is 146 Å². The van der Waals surface area contributed by atoms with Crippen molar-refractivity contribution in [2.45, 2.75) is 38.5 Å². The number of rotatable bonds is 11. The molecule has 0 saturated heterocycles. The van der Waals surface area contributed by atoms with Crippen LogP contribution in [-0.4, -0.2) is 34.9 Å². The number of aryl methyl sites for hydroxylation is 4. The third-order valence-electron chi connectivity index (χ3n) is 24.3. The lowest BCUT2D eigenvalue weighted by Gasteiger charge is -2.31. The summed E-state index contributed by atoms with van der Waals surface area (Å²) in [5.74, 6) is 2.45. The van der Waals surface area contributed by atoms with Crippen LogP contribution >= 0.6 is 0 Å². The third-order valence-corrected chi connectivity index (χ3v) is 24.3. The standard InChI is InChI=1S/C107H71N7/c1-64-51-58-95(108-63-64)80-41-18-16-37-75(80)81-55-57-93-101(102(81)105-113-103(70-33-12-7-13-34-70)112-104(114-105)82-42-19-15-36-74(82)69-31-10-6-11-32-69)84-44-23-27-49-90(84)107(93)89-48-26-22-43-83(89)100-85(45-28-50-92(100)107)97-59-65(2)99(66(3)109-97)72-52-54-78-86-60-71(96-62-98(111-67(4)110-96)79-40-17-14-35-73(79)68-29-8-5-9-30-68)53-56-91(86)106(94(78)61-72)87-46-24-20-38-76(87)77-39-21-25-47-88(77)106/h5-63H,1-4H3. The average molecular weight is 1450 g/mol. The molecule has 0 aliphatic heterocycles. The molecule has 14 aromatic carbocycles. The van der Waals surface area contributed by atoms with Gasteiger partial charge in [0.1, 0.15) is 5.82 Å². The van der Waals surface area contributed by atoms with Crippen molar-refractivity contribution in [2.75, 3.05) is 0 Å². The summed E-state index contributed by atoms with van der Waals surface area (Å²) in [7, 11) is 0. The number of nitrogens with zero attached hydrogens (tertiary/aromatic N) is 7.